The summed E-state index contributed by atoms with van der Waals surface area (Å²) in [6, 6.07) is 1.30. The van der Waals surface area contributed by atoms with Gasteiger partial charge in [-0.25, -0.2) is 18.2 Å². The minimum absolute atomic E-state index is 0.0678. The second-order valence-corrected chi connectivity index (χ2v) is 6.97. The molecule has 0 unspecified atom stereocenters. The van der Waals surface area contributed by atoms with Gasteiger partial charge in [0.25, 0.3) is 0 Å². The van der Waals surface area contributed by atoms with Gasteiger partial charge in [-0.1, -0.05) is 18.5 Å². The molecule has 0 radical (unpaired) electrons. The third-order valence-corrected chi connectivity index (χ3v) is 5.09. The fraction of sp³-hybridized carbons (Fsp3) is 0.333. The Hall–Kier alpha value is -2.28. The maximum atomic E-state index is 14.5. The third-order valence-electron chi connectivity index (χ3n) is 4.82. The molecule has 0 bridgehead atoms. The van der Waals surface area contributed by atoms with Gasteiger partial charge in [-0.3, -0.25) is 4.40 Å². The molecule has 4 rings (SSSR count). The normalized spacial score (nSPS) is 15.8. The number of imidazole rings is 1. The molecule has 4 nitrogen and oxygen atoms in total. The van der Waals surface area contributed by atoms with Crippen LogP contribution in [-0.2, 0) is 0 Å². The molecular weight excluding hydrogens is 365 g/mol. The quantitative estimate of drug-likeness (QED) is 0.604. The summed E-state index contributed by atoms with van der Waals surface area (Å²) >= 11 is 6.31. The zero-order valence-electron chi connectivity index (χ0n) is 14.0. The second kappa shape index (κ2) is 6.46. The lowest BCUT2D eigenvalue weighted by atomic mass is 9.98. The summed E-state index contributed by atoms with van der Waals surface area (Å²) in [6.07, 6.45) is 5.12. The van der Waals surface area contributed by atoms with Gasteiger partial charge in [0, 0.05) is 37.6 Å². The first-order valence-corrected chi connectivity index (χ1v) is 8.76. The van der Waals surface area contributed by atoms with Gasteiger partial charge in [-0.15, -0.1) is 0 Å². The zero-order valence-corrected chi connectivity index (χ0v) is 14.8. The first kappa shape index (κ1) is 17.1. The maximum Gasteiger partial charge on any atom is 0.236 e. The number of piperidine rings is 1. The molecule has 136 valence electrons. The van der Waals surface area contributed by atoms with E-state index >= 15 is 0 Å². The van der Waals surface area contributed by atoms with Crippen LogP contribution in [0.4, 0.5) is 19.0 Å². The van der Waals surface area contributed by atoms with E-state index in [1.165, 1.54) is 0 Å². The average molecular weight is 381 g/mol. The lowest BCUT2D eigenvalue weighted by molar-refractivity contribution is 0.436. The van der Waals surface area contributed by atoms with Gasteiger partial charge in [-0.05, 0) is 18.8 Å². The molecular formula is C18H16ClF3N4. The number of aromatic nitrogens is 3. The average Bonchev–Trinajstić information content (AvgIpc) is 3.03. The Morgan fingerprint density at radius 2 is 1.73 bits per heavy atom. The number of fused-ring (bicyclic) bond motifs is 1. The highest BCUT2D eigenvalue weighted by atomic mass is 35.5. The van der Waals surface area contributed by atoms with Crippen molar-refractivity contribution in [1.82, 2.24) is 14.4 Å². The number of rotatable bonds is 2. The summed E-state index contributed by atoms with van der Waals surface area (Å²) in [4.78, 5) is 10.3. The fourth-order valence-corrected chi connectivity index (χ4v) is 3.68. The molecule has 0 N–H and O–H groups in total. The van der Waals surface area contributed by atoms with Crippen LogP contribution < -0.4 is 4.90 Å². The minimum Gasteiger partial charge on any atom is -0.357 e. The van der Waals surface area contributed by atoms with Crippen molar-refractivity contribution >= 4 is 23.2 Å². The number of hydrogen-bond acceptors (Lipinski definition) is 3. The van der Waals surface area contributed by atoms with Gasteiger partial charge < -0.3 is 4.90 Å². The topological polar surface area (TPSA) is 33.4 Å². The molecule has 3 heterocycles. The van der Waals surface area contributed by atoms with E-state index in [0.29, 0.717) is 42.7 Å². The molecule has 1 saturated heterocycles. The van der Waals surface area contributed by atoms with Crippen molar-refractivity contribution in [1.29, 1.82) is 0 Å². The van der Waals surface area contributed by atoms with Crippen LogP contribution in [0.15, 0.2) is 24.5 Å². The van der Waals surface area contributed by atoms with Crippen molar-refractivity contribution in [3.63, 3.8) is 0 Å². The molecule has 1 aromatic carbocycles. The molecule has 1 aliphatic rings. The van der Waals surface area contributed by atoms with Crippen LogP contribution in [0, 0.1) is 23.4 Å². The summed E-state index contributed by atoms with van der Waals surface area (Å²) in [5, 5.41) is -0.0678. The monoisotopic (exact) mass is 380 g/mol. The predicted molar refractivity (Wildman–Crippen MR) is 93.9 cm³/mol. The largest absolute Gasteiger partial charge is 0.357 e. The first-order valence-electron chi connectivity index (χ1n) is 8.38. The smallest absolute Gasteiger partial charge is 0.236 e. The van der Waals surface area contributed by atoms with Crippen LogP contribution in [-0.4, -0.2) is 27.5 Å². The van der Waals surface area contributed by atoms with E-state index in [1.54, 1.807) is 16.8 Å². The zero-order chi connectivity index (χ0) is 18.4. The SMILES string of the molecule is CC1CCN(c2c(-c3c(F)cc(F)cc3F)c(Cl)nc3nccn23)CC1. The van der Waals surface area contributed by atoms with E-state index in [2.05, 4.69) is 16.9 Å². The number of halogens is 4. The van der Waals surface area contributed by atoms with E-state index in [9.17, 15) is 13.2 Å². The Bertz CT molecular complexity index is 957. The van der Waals surface area contributed by atoms with Crippen LogP contribution in [0.25, 0.3) is 16.9 Å². The molecule has 0 spiro atoms. The Labute approximate surface area is 153 Å². The van der Waals surface area contributed by atoms with Crippen LogP contribution in [0.3, 0.4) is 0 Å². The van der Waals surface area contributed by atoms with Gasteiger partial charge in [0.15, 0.2) is 0 Å². The van der Waals surface area contributed by atoms with Crippen molar-refractivity contribution in [2.75, 3.05) is 18.0 Å². The Morgan fingerprint density at radius 1 is 1.08 bits per heavy atom. The lowest BCUT2D eigenvalue weighted by Gasteiger charge is -2.34. The minimum atomic E-state index is -1.02. The standard InChI is InChI=1S/C18H16ClF3N4/c1-10-2-5-25(6-3-10)17-15(14-12(21)8-11(20)9-13(14)22)16(19)24-18-23-4-7-26(17)18/h4,7-10H,2-3,5-6H2,1H3. The number of benzene rings is 1. The highest BCUT2D eigenvalue weighted by molar-refractivity contribution is 6.33. The molecule has 3 aromatic rings. The molecule has 0 amide bonds. The summed E-state index contributed by atoms with van der Waals surface area (Å²) in [6.45, 7) is 3.60. The Kier molecular flexibility index (Phi) is 4.26. The van der Waals surface area contributed by atoms with Crippen LogP contribution >= 0.6 is 11.6 Å². The molecule has 0 aliphatic carbocycles. The van der Waals surface area contributed by atoms with Crippen molar-refractivity contribution < 1.29 is 13.2 Å². The molecule has 2 aromatic heterocycles. The number of anilines is 1. The van der Waals surface area contributed by atoms with Gasteiger partial charge in [0.05, 0.1) is 11.1 Å². The van der Waals surface area contributed by atoms with Crippen molar-refractivity contribution in [2.45, 2.75) is 19.8 Å². The second-order valence-electron chi connectivity index (χ2n) is 6.61. The first-order chi connectivity index (χ1) is 12.5. The van der Waals surface area contributed by atoms with Gasteiger partial charge in [0.1, 0.15) is 28.4 Å². The Morgan fingerprint density at radius 3 is 2.38 bits per heavy atom. The molecule has 0 saturated carbocycles. The summed E-state index contributed by atoms with van der Waals surface area (Å²) < 4.78 is 44.0. The predicted octanol–water partition coefficient (Wildman–Crippen LogP) is 4.70. The van der Waals surface area contributed by atoms with Crippen molar-refractivity contribution in [3.05, 3.63) is 47.1 Å². The van der Waals surface area contributed by atoms with Crippen LogP contribution in [0.2, 0.25) is 5.15 Å². The molecule has 26 heavy (non-hydrogen) atoms. The van der Waals surface area contributed by atoms with Gasteiger partial charge >= 0.3 is 0 Å². The van der Waals surface area contributed by atoms with Crippen LogP contribution in [0.1, 0.15) is 19.8 Å². The van der Waals surface area contributed by atoms with Gasteiger partial charge in [0.2, 0.25) is 5.78 Å². The third kappa shape index (κ3) is 2.80. The summed E-state index contributed by atoms with van der Waals surface area (Å²) in [7, 11) is 0. The van der Waals surface area contributed by atoms with E-state index < -0.39 is 17.5 Å². The van der Waals surface area contributed by atoms with E-state index in [4.69, 9.17) is 11.6 Å². The number of nitrogens with zero attached hydrogens (tertiary/aromatic N) is 4. The van der Waals surface area contributed by atoms with Gasteiger partial charge in [-0.2, -0.15) is 4.98 Å². The molecule has 1 fully saturated rings. The highest BCUT2D eigenvalue weighted by Crippen LogP contribution is 2.40. The van der Waals surface area contributed by atoms with Crippen molar-refractivity contribution in [2.24, 2.45) is 5.92 Å². The molecule has 8 heteroatoms. The van der Waals surface area contributed by atoms with E-state index in [-0.39, 0.29) is 16.3 Å². The maximum absolute atomic E-state index is 14.5. The highest BCUT2D eigenvalue weighted by Gasteiger charge is 2.28. The fourth-order valence-electron chi connectivity index (χ4n) is 3.43. The molecule has 0 atom stereocenters. The lowest BCUT2D eigenvalue weighted by Crippen LogP contribution is -2.34. The number of hydrogen-bond donors (Lipinski definition) is 0. The molecule has 1 aliphatic heterocycles. The van der Waals surface area contributed by atoms with E-state index in [0.717, 1.165) is 12.8 Å². The Balaban J connectivity index is 2.00. The summed E-state index contributed by atoms with van der Waals surface area (Å²) in [5.41, 5.74) is -0.269. The van der Waals surface area contributed by atoms with Crippen molar-refractivity contribution in [3.8, 4) is 11.1 Å². The van der Waals surface area contributed by atoms with Crippen LogP contribution in [0.5, 0.6) is 0 Å². The van der Waals surface area contributed by atoms with E-state index in [1.807, 2.05) is 4.90 Å². The summed E-state index contributed by atoms with van der Waals surface area (Å²) in [5.74, 6) is -1.58.